The Morgan fingerprint density at radius 1 is 1.13 bits per heavy atom. The highest BCUT2D eigenvalue weighted by Crippen LogP contribution is 2.43. The van der Waals surface area contributed by atoms with Crippen molar-refractivity contribution in [3.8, 4) is 35.4 Å². The molecule has 3 atom stereocenters. The first kappa shape index (κ1) is 28.1. The number of phenolic OH excluding ortho intramolecular Hbond substituents is 1. The van der Waals surface area contributed by atoms with Crippen LogP contribution in [0.15, 0.2) is 30.3 Å². The zero-order valence-corrected chi connectivity index (χ0v) is 24.4. The molecule has 0 unspecified atom stereocenters. The van der Waals surface area contributed by atoms with Crippen LogP contribution in [0.1, 0.15) is 36.9 Å². The van der Waals surface area contributed by atoms with Gasteiger partial charge in [-0.05, 0) is 55.5 Å². The number of fused-ring (bicyclic) bond motifs is 4. The second kappa shape index (κ2) is 10.6. The average molecular weight is 614 g/mol. The predicted molar refractivity (Wildman–Crippen MR) is 164 cm³/mol. The van der Waals surface area contributed by atoms with E-state index >= 15 is 4.39 Å². The molecule has 2 aromatic carbocycles. The molecular formula is C34H30F3N5O3. The van der Waals surface area contributed by atoms with Gasteiger partial charge < -0.3 is 19.5 Å². The van der Waals surface area contributed by atoms with E-state index in [0.717, 1.165) is 25.8 Å². The Morgan fingerprint density at radius 3 is 2.89 bits per heavy atom. The second-order valence-corrected chi connectivity index (χ2v) is 12.3. The average Bonchev–Trinajstić information content (AvgIpc) is 3.38. The van der Waals surface area contributed by atoms with Crippen molar-refractivity contribution < 1.29 is 27.8 Å². The number of aromatic hydroxyl groups is 1. The molecule has 0 aliphatic carbocycles. The van der Waals surface area contributed by atoms with Crippen LogP contribution in [0.4, 0.5) is 19.0 Å². The molecule has 1 N–H and O–H groups in total. The molecule has 4 aliphatic rings. The quantitative estimate of drug-likeness (QED) is 0.307. The van der Waals surface area contributed by atoms with E-state index < -0.39 is 23.3 Å². The fraction of sp³-hybridized carbons (Fsp3) is 0.382. The lowest BCUT2D eigenvalue weighted by Crippen LogP contribution is -2.43. The maximum absolute atomic E-state index is 16.9. The number of phenols is 1. The van der Waals surface area contributed by atoms with E-state index in [1.807, 2.05) is 6.08 Å². The molecule has 0 radical (unpaired) electrons. The fourth-order valence-electron chi connectivity index (χ4n) is 7.55. The van der Waals surface area contributed by atoms with Gasteiger partial charge in [0.15, 0.2) is 5.82 Å². The molecule has 3 saturated heterocycles. The van der Waals surface area contributed by atoms with Crippen molar-refractivity contribution >= 4 is 33.6 Å². The Bertz CT molecular complexity index is 1950. The zero-order valence-electron chi connectivity index (χ0n) is 24.4. The zero-order chi connectivity index (χ0) is 30.9. The molecule has 8 nitrogen and oxygen atoms in total. The highest BCUT2D eigenvalue weighted by Gasteiger charge is 2.49. The molecule has 3 fully saturated rings. The van der Waals surface area contributed by atoms with Crippen LogP contribution >= 0.6 is 0 Å². The number of benzene rings is 2. The topological polar surface area (TPSA) is 83.8 Å². The summed E-state index contributed by atoms with van der Waals surface area (Å²) in [4.78, 5) is 18.3. The highest BCUT2D eigenvalue weighted by atomic mass is 19.1. The first-order valence-corrected chi connectivity index (χ1v) is 15.2. The molecule has 0 bridgehead atoms. The summed E-state index contributed by atoms with van der Waals surface area (Å²) in [7, 11) is 0. The van der Waals surface area contributed by atoms with E-state index in [-0.39, 0.29) is 52.1 Å². The monoisotopic (exact) mass is 613 g/mol. The number of hydrogen-bond acceptors (Lipinski definition) is 8. The fourth-order valence-corrected chi connectivity index (χ4v) is 7.55. The Balaban J connectivity index is 1.34. The lowest BCUT2D eigenvalue weighted by atomic mass is 9.95. The first-order chi connectivity index (χ1) is 21.8. The van der Waals surface area contributed by atoms with Gasteiger partial charge in [-0.2, -0.15) is 9.97 Å². The SMILES string of the molecule is C#Cc1c(F)ccc2cc(O)cc(-c3nc4c5c(nc(OC[C@@]67CCCN6C[C@H](F)C7)nc5c3F)N3CCCOC[C@@H]3C=C4)c12. The van der Waals surface area contributed by atoms with Crippen LogP contribution in [-0.2, 0) is 4.74 Å². The van der Waals surface area contributed by atoms with E-state index in [4.69, 9.17) is 25.9 Å². The normalized spacial score (nSPS) is 24.4. The molecule has 4 aromatic rings. The maximum Gasteiger partial charge on any atom is 0.319 e. The van der Waals surface area contributed by atoms with Crippen molar-refractivity contribution in [1.29, 1.82) is 0 Å². The van der Waals surface area contributed by atoms with Crippen LogP contribution in [0.5, 0.6) is 11.8 Å². The van der Waals surface area contributed by atoms with Crippen LogP contribution in [0.2, 0.25) is 0 Å². The van der Waals surface area contributed by atoms with Crippen LogP contribution in [0.25, 0.3) is 39.0 Å². The van der Waals surface area contributed by atoms with E-state index in [0.29, 0.717) is 55.0 Å². The standard InChI is InChI=1S/C34H30F3N5O3/c1-2-23-25(36)7-5-19-13-22(43)14-24(27(19)23)30-29(37)31-28-26(38-30)8-6-21-17-44-12-4-11-42(21)32(28)40-33(39-31)45-18-34-9-3-10-41(34)16-20(35)15-34/h1,5-8,13-14,20-21,43H,3-4,9-12,15-18H2/t20-,21+,34+/m1/s1. The Morgan fingerprint density at radius 2 is 2.02 bits per heavy atom. The molecule has 230 valence electrons. The molecule has 0 amide bonds. The molecule has 6 heterocycles. The third-order valence-electron chi connectivity index (χ3n) is 9.58. The molecule has 2 aromatic heterocycles. The van der Waals surface area contributed by atoms with Gasteiger partial charge in [0.1, 0.15) is 41.4 Å². The second-order valence-electron chi connectivity index (χ2n) is 12.3. The van der Waals surface area contributed by atoms with E-state index in [2.05, 4.69) is 20.7 Å². The molecular weight excluding hydrogens is 583 g/mol. The van der Waals surface area contributed by atoms with Gasteiger partial charge in [-0.1, -0.05) is 18.1 Å². The number of aromatic nitrogens is 3. The predicted octanol–water partition coefficient (Wildman–Crippen LogP) is 5.39. The van der Waals surface area contributed by atoms with Crippen molar-refractivity contribution in [2.45, 2.75) is 43.4 Å². The van der Waals surface area contributed by atoms with Gasteiger partial charge in [0.2, 0.25) is 0 Å². The minimum atomic E-state index is -0.927. The summed E-state index contributed by atoms with van der Waals surface area (Å²) >= 11 is 0. The van der Waals surface area contributed by atoms with Gasteiger partial charge in [-0.3, -0.25) is 4.90 Å². The summed E-state index contributed by atoms with van der Waals surface area (Å²) in [5.74, 6) is 1.26. The summed E-state index contributed by atoms with van der Waals surface area (Å²) in [6.45, 7) is 2.95. The Labute approximate surface area is 257 Å². The number of hydrogen-bond donors (Lipinski definition) is 1. The largest absolute Gasteiger partial charge is 0.508 e. The summed E-state index contributed by atoms with van der Waals surface area (Å²) < 4.78 is 58.4. The minimum Gasteiger partial charge on any atom is -0.508 e. The van der Waals surface area contributed by atoms with Crippen molar-refractivity contribution in [3.63, 3.8) is 0 Å². The lowest BCUT2D eigenvalue weighted by molar-refractivity contribution is 0.107. The smallest absolute Gasteiger partial charge is 0.319 e. The first-order valence-electron chi connectivity index (χ1n) is 15.2. The number of ether oxygens (including phenoxy) is 2. The molecule has 0 saturated carbocycles. The van der Waals surface area contributed by atoms with Crippen molar-refractivity contribution in [1.82, 2.24) is 19.9 Å². The molecule has 8 rings (SSSR count). The van der Waals surface area contributed by atoms with Crippen molar-refractivity contribution in [2.75, 3.05) is 44.4 Å². The van der Waals surface area contributed by atoms with E-state index in [1.165, 1.54) is 24.3 Å². The van der Waals surface area contributed by atoms with Gasteiger partial charge in [0, 0.05) is 37.1 Å². The summed E-state index contributed by atoms with van der Waals surface area (Å²) in [5, 5.41) is 11.7. The number of rotatable bonds is 4. The van der Waals surface area contributed by atoms with Gasteiger partial charge in [-0.15, -0.1) is 6.42 Å². The Hall–Kier alpha value is -4.40. The number of nitrogens with zero attached hydrogens (tertiary/aromatic N) is 5. The van der Waals surface area contributed by atoms with Crippen molar-refractivity contribution in [3.05, 3.63) is 53.2 Å². The van der Waals surface area contributed by atoms with Crippen LogP contribution in [0.3, 0.4) is 0 Å². The molecule has 0 spiro atoms. The van der Waals surface area contributed by atoms with Crippen LogP contribution < -0.4 is 9.64 Å². The third kappa shape index (κ3) is 4.50. The number of anilines is 1. The number of pyridine rings is 1. The lowest BCUT2D eigenvalue weighted by Gasteiger charge is -2.31. The van der Waals surface area contributed by atoms with Crippen molar-refractivity contribution in [2.24, 2.45) is 0 Å². The highest BCUT2D eigenvalue weighted by molar-refractivity contribution is 6.04. The third-order valence-corrected chi connectivity index (χ3v) is 9.58. The molecule has 4 aliphatic heterocycles. The van der Waals surface area contributed by atoms with Crippen LogP contribution in [-0.4, -0.2) is 82.2 Å². The summed E-state index contributed by atoms with van der Waals surface area (Å²) in [5.41, 5.74) is -0.155. The van der Waals surface area contributed by atoms with Gasteiger partial charge in [-0.25, -0.2) is 18.2 Å². The van der Waals surface area contributed by atoms with Gasteiger partial charge >= 0.3 is 6.01 Å². The van der Waals surface area contributed by atoms with Gasteiger partial charge in [0.25, 0.3) is 0 Å². The van der Waals surface area contributed by atoms with E-state index in [1.54, 1.807) is 6.08 Å². The maximum atomic E-state index is 16.9. The molecule has 45 heavy (non-hydrogen) atoms. The summed E-state index contributed by atoms with van der Waals surface area (Å²) in [6, 6.07) is 5.24. The number of alkyl halides is 1. The summed E-state index contributed by atoms with van der Waals surface area (Å²) in [6.07, 6.45) is 11.4. The Kier molecular flexibility index (Phi) is 6.62. The van der Waals surface area contributed by atoms with Gasteiger partial charge in [0.05, 0.1) is 34.8 Å². The van der Waals surface area contributed by atoms with E-state index in [9.17, 15) is 13.9 Å². The number of halogens is 3. The number of terminal acetylenes is 1. The van der Waals surface area contributed by atoms with Crippen LogP contribution in [0, 0.1) is 24.0 Å². The minimum absolute atomic E-state index is 0.0232. The molecule has 11 heteroatoms.